The highest BCUT2D eigenvalue weighted by atomic mass is 19.2. The van der Waals surface area contributed by atoms with Crippen molar-refractivity contribution in [1.82, 2.24) is 15.5 Å². The quantitative estimate of drug-likeness (QED) is 0.686. The van der Waals surface area contributed by atoms with E-state index in [0.717, 1.165) is 6.42 Å². The van der Waals surface area contributed by atoms with Gasteiger partial charge in [-0.05, 0) is 18.9 Å². The maximum atomic E-state index is 14.8. The highest BCUT2D eigenvalue weighted by Gasteiger charge is 2.48. The lowest BCUT2D eigenvalue weighted by Gasteiger charge is -2.49. The van der Waals surface area contributed by atoms with Crippen LogP contribution >= 0.6 is 0 Å². The summed E-state index contributed by atoms with van der Waals surface area (Å²) in [7, 11) is 0. The summed E-state index contributed by atoms with van der Waals surface area (Å²) in [4.78, 5) is 51.2. The molecular formula is C18H16F2N4O4. The van der Waals surface area contributed by atoms with Crippen molar-refractivity contribution in [2.75, 3.05) is 18.0 Å². The Balaban J connectivity index is 1.52. The first kappa shape index (κ1) is 17.2. The van der Waals surface area contributed by atoms with Crippen molar-refractivity contribution in [3.05, 3.63) is 28.8 Å². The number of carbonyl (C=O) groups is 4. The molecule has 1 aromatic carbocycles. The second-order valence-corrected chi connectivity index (χ2v) is 7.59. The van der Waals surface area contributed by atoms with Gasteiger partial charge in [0.1, 0.15) is 6.04 Å². The number of hydrogen-bond acceptors (Lipinski definition) is 6. The summed E-state index contributed by atoms with van der Waals surface area (Å²) in [6.07, 6.45) is 0.871. The zero-order valence-electron chi connectivity index (χ0n) is 14.6. The number of piperazine rings is 1. The topological polar surface area (TPSA) is 98.8 Å². The van der Waals surface area contributed by atoms with Crippen LogP contribution in [0.2, 0.25) is 0 Å². The molecule has 4 fully saturated rings. The molecule has 0 spiro atoms. The van der Waals surface area contributed by atoms with Crippen molar-refractivity contribution in [3.8, 4) is 0 Å². The van der Waals surface area contributed by atoms with Crippen molar-refractivity contribution in [2.24, 2.45) is 0 Å². The number of halogens is 2. The Morgan fingerprint density at radius 3 is 2.32 bits per heavy atom. The minimum absolute atomic E-state index is 0.0462. The largest absolute Gasteiger partial charge is 0.366 e. The van der Waals surface area contributed by atoms with Gasteiger partial charge in [-0.15, -0.1) is 0 Å². The van der Waals surface area contributed by atoms with Crippen LogP contribution in [0, 0.1) is 11.6 Å². The van der Waals surface area contributed by atoms with Crippen LogP contribution in [0.15, 0.2) is 6.07 Å². The Morgan fingerprint density at radius 2 is 1.68 bits per heavy atom. The van der Waals surface area contributed by atoms with Gasteiger partial charge >= 0.3 is 0 Å². The lowest BCUT2D eigenvalue weighted by molar-refractivity contribution is -0.136. The molecule has 2 bridgehead atoms. The Hall–Kier alpha value is -2.88. The third kappa shape index (κ3) is 2.30. The number of benzene rings is 1. The standard InChI is InChI=1S/C18H16F2N4O4/c19-14-11(23-5-7-3-8(6-23)21-7)4-9-13(15(14)20)18(28)24(17(9)27)10-1-2-12(25)22-16(10)26/h4,7-8,10,21H,1-3,5-6H2,(H,22,25,26). The molecule has 4 saturated heterocycles. The Kier molecular flexibility index (Phi) is 3.57. The summed E-state index contributed by atoms with van der Waals surface area (Å²) in [5, 5.41) is 5.35. The molecule has 5 aliphatic rings. The molecule has 0 aromatic heterocycles. The van der Waals surface area contributed by atoms with Crippen LogP contribution < -0.4 is 15.5 Å². The van der Waals surface area contributed by atoms with Gasteiger partial charge in [-0.1, -0.05) is 0 Å². The molecule has 146 valence electrons. The van der Waals surface area contributed by atoms with Gasteiger partial charge in [0.15, 0.2) is 11.6 Å². The van der Waals surface area contributed by atoms with E-state index in [-0.39, 0.29) is 36.2 Å². The van der Waals surface area contributed by atoms with Crippen molar-refractivity contribution in [2.45, 2.75) is 37.4 Å². The summed E-state index contributed by atoms with van der Waals surface area (Å²) in [6.45, 7) is 0.954. The minimum atomic E-state index is -1.38. The van der Waals surface area contributed by atoms with E-state index in [1.807, 2.05) is 0 Å². The number of fused-ring (bicyclic) bond motifs is 3. The van der Waals surface area contributed by atoms with Gasteiger partial charge in [0, 0.05) is 31.6 Å². The van der Waals surface area contributed by atoms with Crippen LogP contribution in [0.25, 0.3) is 0 Å². The number of anilines is 1. The molecular weight excluding hydrogens is 374 g/mol. The monoisotopic (exact) mass is 390 g/mol. The molecule has 3 atom stereocenters. The van der Waals surface area contributed by atoms with Crippen molar-refractivity contribution < 1.29 is 28.0 Å². The van der Waals surface area contributed by atoms with E-state index in [2.05, 4.69) is 10.6 Å². The molecule has 8 nitrogen and oxygen atoms in total. The SMILES string of the molecule is O=C1CCC(N2C(=O)c3cc(N4CC5CC(C4)N5)c(F)c(F)c3C2=O)C(=O)N1. The average Bonchev–Trinajstić information content (AvgIpc) is 2.88. The summed E-state index contributed by atoms with van der Waals surface area (Å²) in [5.74, 6) is -5.77. The number of hydrogen-bond donors (Lipinski definition) is 2. The van der Waals surface area contributed by atoms with Crippen LogP contribution in [0.5, 0.6) is 0 Å². The molecule has 3 unspecified atom stereocenters. The molecule has 2 N–H and O–H groups in total. The number of nitrogens with one attached hydrogen (secondary N) is 2. The molecule has 0 saturated carbocycles. The zero-order chi connectivity index (χ0) is 19.7. The van der Waals surface area contributed by atoms with Gasteiger partial charge in [0.2, 0.25) is 11.8 Å². The Bertz CT molecular complexity index is 949. The van der Waals surface area contributed by atoms with Gasteiger partial charge in [0.05, 0.1) is 16.8 Å². The van der Waals surface area contributed by atoms with Crippen LogP contribution in [0.4, 0.5) is 14.5 Å². The molecule has 5 heterocycles. The summed E-state index contributed by atoms with van der Waals surface area (Å²) < 4.78 is 29.5. The average molecular weight is 390 g/mol. The van der Waals surface area contributed by atoms with Crippen LogP contribution in [-0.2, 0) is 9.59 Å². The van der Waals surface area contributed by atoms with Gasteiger partial charge in [-0.25, -0.2) is 8.78 Å². The second-order valence-electron chi connectivity index (χ2n) is 7.59. The van der Waals surface area contributed by atoms with Crippen molar-refractivity contribution >= 4 is 29.3 Å². The molecule has 4 amide bonds. The third-order valence-electron chi connectivity index (χ3n) is 5.85. The van der Waals surface area contributed by atoms with E-state index in [9.17, 15) is 28.0 Å². The number of carbonyl (C=O) groups excluding carboxylic acids is 4. The normalized spacial score (nSPS) is 29.0. The fraction of sp³-hybridized carbons (Fsp3) is 0.444. The molecule has 1 aromatic rings. The van der Waals surface area contributed by atoms with E-state index >= 15 is 0 Å². The molecule has 0 aliphatic carbocycles. The third-order valence-corrected chi connectivity index (χ3v) is 5.85. The summed E-state index contributed by atoms with van der Waals surface area (Å²) in [6, 6.07) is 0.353. The summed E-state index contributed by atoms with van der Waals surface area (Å²) >= 11 is 0. The number of imide groups is 2. The van der Waals surface area contributed by atoms with E-state index in [1.54, 1.807) is 4.90 Å². The molecule has 28 heavy (non-hydrogen) atoms. The van der Waals surface area contributed by atoms with E-state index in [1.165, 1.54) is 6.07 Å². The molecule has 5 aliphatic heterocycles. The number of rotatable bonds is 2. The Labute approximate surface area is 157 Å². The predicted molar refractivity (Wildman–Crippen MR) is 90.6 cm³/mol. The van der Waals surface area contributed by atoms with Crippen LogP contribution in [0.3, 0.4) is 0 Å². The highest BCUT2D eigenvalue weighted by Crippen LogP contribution is 2.36. The van der Waals surface area contributed by atoms with E-state index in [0.29, 0.717) is 18.0 Å². The van der Waals surface area contributed by atoms with Gasteiger partial charge < -0.3 is 10.2 Å². The number of amides is 4. The maximum absolute atomic E-state index is 14.8. The minimum Gasteiger partial charge on any atom is -0.366 e. The fourth-order valence-corrected chi connectivity index (χ4v) is 4.48. The van der Waals surface area contributed by atoms with Gasteiger partial charge in [-0.3, -0.25) is 29.4 Å². The lowest BCUT2D eigenvalue weighted by atomic mass is 9.90. The fourth-order valence-electron chi connectivity index (χ4n) is 4.48. The maximum Gasteiger partial charge on any atom is 0.265 e. The zero-order valence-corrected chi connectivity index (χ0v) is 14.6. The van der Waals surface area contributed by atoms with Crippen LogP contribution in [0.1, 0.15) is 40.0 Å². The molecule has 0 radical (unpaired) electrons. The Morgan fingerprint density at radius 1 is 1.00 bits per heavy atom. The number of piperidine rings is 2. The highest BCUT2D eigenvalue weighted by molar-refractivity contribution is 6.24. The first-order chi connectivity index (χ1) is 13.3. The summed E-state index contributed by atoms with van der Waals surface area (Å²) in [5.41, 5.74) is -0.967. The van der Waals surface area contributed by atoms with Crippen molar-refractivity contribution in [1.29, 1.82) is 0 Å². The molecule has 10 heteroatoms. The second kappa shape index (κ2) is 5.81. The smallest absolute Gasteiger partial charge is 0.265 e. The van der Waals surface area contributed by atoms with Gasteiger partial charge in [0.25, 0.3) is 11.8 Å². The predicted octanol–water partition coefficient (Wildman–Crippen LogP) is -0.0835. The van der Waals surface area contributed by atoms with Gasteiger partial charge in [-0.2, -0.15) is 0 Å². The lowest BCUT2D eigenvalue weighted by Crippen LogP contribution is -2.67. The van der Waals surface area contributed by atoms with Crippen molar-refractivity contribution in [3.63, 3.8) is 0 Å². The molecule has 6 rings (SSSR count). The van der Waals surface area contributed by atoms with Crippen LogP contribution in [-0.4, -0.2) is 59.7 Å². The number of nitrogens with zero attached hydrogens (tertiary/aromatic N) is 2. The first-order valence-corrected chi connectivity index (χ1v) is 9.09. The van der Waals surface area contributed by atoms with E-state index < -0.39 is 46.9 Å². The van der Waals surface area contributed by atoms with E-state index in [4.69, 9.17) is 0 Å². The first-order valence-electron chi connectivity index (χ1n) is 9.09.